The fourth-order valence-electron chi connectivity index (χ4n) is 1.58. The lowest BCUT2D eigenvalue weighted by atomic mass is 10.4. The molecule has 0 saturated heterocycles. The van der Waals surface area contributed by atoms with Crippen LogP contribution in [0.1, 0.15) is 5.82 Å². The molecule has 0 saturated carbocycles. The molecule has 0 unspecified atom stereocenters. The van der Waals surface area contributed by atoms with Crippen molar-refractivity contribution in [2.75, 3.05) is 19.7 Å². The fourth-order valence-corrected chi connectivity index (χ4v) is 1.58. The van der Waals surface area contributed by atoms with Crippen molar-refractivity contribution in [1.82, 2.24) is 15.0 Å². The van der Waals surface area contributed by atoms with E-state index < -0.39 is 0 Å². The van der Waals surface area contributed by atoms with Gasteiger partial charge in [-0.05, 0) is 12.1 Å². The van der Waals surface area contributed by atoms with Gasteiger partial charge in [0, 0.05) is 13.1 Å². The van der Waals surface area contributed by atoms with Gasteiger partial charge in [-0.2, -0.15) is 4.98 Å². The molecule has 2 rings (SSSR count). The van der Waals surface area contributed by atoms with Crippen LogP contribution in [0.5, 0.6) is 0 Å². The second-order valence-corrected chi connectivity index (χ2v) is 3.74. The number of furan rings is 1. The van der Waals surface area contributed by atoms with Crippen molar-refractivity contribution in [3.63, 3.8) is 0 Å². The number of rotatable bonds is 7. The Kier molecular flexibility index (Phi) is 4.27. The van der Waals surface area contributed by atoms with E-state index in [1.807, 2.05) is 4.90 Å². The van der Waals surface area contributed by atoms with Gasteiger partial charge < -0.3 is 14.0 Å². The maximum absolute atomic E-state index is 8.94. The first kappa shape index (κ1) is 12.5. The molecule has 0 aliphatic rings. The molecule has 2 heterocycles. The molecule has 0 bridgehead atoms. The topological polar surface area (TPSA) is 75.5 Å². The van der Waals surface area contributed by atoms with Crippen LogP contribution < -0.4 is 0 Å². The lowest BCUT2D eigenvalue weighted by molar-refractivity contribution is 0.199. The van der Waals surface area contributed by atoms with E-state index in [1.165, 1.54) is 0 Å². The van der Waals surface area contributed by atoms with Crippen molar-refractivity contribution in [2.45, 2.75) is 6.54 Å². The summed E-state index contributed by atoms with van der Waals surface area (Å²) in [5.41, 5.74) is 0. The zero-order valence-electron chi connectivity index (χ0n) is 9.95. The molecule has 0 aliphatic heterocycles. The summed E-state index contributed by atoms with van der Waals surface area (Å²) in [7, 11) is 0. The second-order valence-electron chi connectivity index (χ2n) is 3.74. The highest BCUT2D eigenvalue weighted by molar-refractivity contribution is 5.42. The summed E-state index contributed by atoms with van der Waals surface area (Å²) >= 11 is 0. The Balaban J connectivity index is 2.03. The Hall–Kier alpha value is -1.92. The Morgan fingerprint density at radius 1 is 1.50 bits per heavy atom. The van der Waals surface area contributed by atoms with Gasteiger partial charge in [0.25, 0.3) is 5.89 Å². The van der Waals surface area contributed by atoms with E-state index in [4.69, 9.17) is 14.0 Å². The summed E-state index contributed by atoms with van der Waals surface area (Å²) in [6.07, 6.45) is 3.32. The summed E-state index contributed by atoms with van der Waals surface area (Å²) in [5.74, 6) is 1.46. The highest BCUT2D eigenvalue weighted by Crippen LogP contribution is 2.17. The summed E-state index contributed by atoms with van der Waals surface area (Å²) in [6.45, 7) is 5.44. The smallest absolute Gasteiger partial charge is 0.293 e. The standard InChI is InChI=1S/C12H15N3O3/c1-2-5-15(6-7-16)9-11-13-12(18-14-11)10-4-3-8-17-10/h2-4,8,16H,1,5-7,9H2. The molecule has 0 spiro atoms. The molecule has 0 aromatic carbocycles. The van der Waals surface area contributed by atoms with Crippen LogP contribution in [0.2, 0.25) is 0 Å². The van der Waals surface area contributed by atoms with Gasteiger partial charge in [0.05, 0.1) is 19.4 Å². The van der Waals surface area contributed by atoms with Crippen molar-refractivity contribution in [2.24, 2.45) is 0 Å². The van der Waals surface area contributed by atoms with Gasteiger partial charge >= 0.3 is 0 Å². The first-order valence-electron chi connectivity index (χ1n) is 5.64. The van der Waals surface area contributed by atoms with Gasteiger partial charge in [-0.3, -0.25) is 4.90 Å². The molecule has 96 valence electrons. The van der Waals surface area contributed by atoms with Gasteiger partial charge in [-0.25, -0.2) is 0 Å². The summed E-state index contributed by atoms with van der Waals surface area (Å²) < 4.78 is 10.3. The van der Waals surface area contributed by atoms with Crippen molar-refractivity contribution in [1.29, 1.82) is 0 Å². The van der Waals surface area contributed by atoms with E-state index in [0.717, 1.165) is 0 Å². The number of hydrogen-bond donors (Lipinski definition) is 1. The molecule has 1 N–H and O–H groups in total. The van der Waals surface area contributed by atoms with Crippen LogP contribution in [0.4, 0.5) is 0 Å². The third-order valence-electron chi connectivity index (χ3n) is 2.37. The number of hydrogen-bond acceptors (Lipinski definition) is 6. The zero-order valence-corrected chi connectivity index (χ0v) is 9.95. The number of nitrogens with zero attached hydrogens (tertiary/aromatic N) is 3. The molecular formula is C12H15N3O3. The molecule has 0 radical (unpaired) electrons. The van der Waals surface area contributed by atoms with Crippen molar-refractivity contribution >= 4 is 0 Å². The molecule has 6 heteroatoms. The quantitative estimate of drug-likeness (QED) is 0.746. The minimum Gasteiger partial charge on any atom is -0.459 e. The van der Waals surface area contributed by atoms with Gasteiger partial charge in [-0.15, -0.1) is 6.58 Å². The summed E-state index contributed by atoms with van der Waals surface area (Å²) in [5, 5.41) is 12.8. The van der Waals surface area contributed by atoms with Gasteiger partial charge in [0.2, 0.25) is 0 Å². The molecule has 0 aliphatic carbocycles. The zero-order chi connectivity index (χ0) is 12.8. The van der Waals surface area contributed by atoms with Crippen molar-refractivity contribution in [3.05, 3.63) is 36.9 Å². The van der Waals surface area contributed by atoms with E-state index in [9.17, 15) is 0 Å². The first-order chi connectivity index (χ1) is 8.83. The van der Waals surface area contributed by atoms with Gasteiger partial charge in [0.1, 0.15) is 0 Å². The van der Waals surface area contributed by atoms with Gasteiger partial charge in [0.15, 0.2) is 11.6 Å². The average Bonchev–Trinajstić information content (AvgIpc) is 2.98. The molecule has 0 amide bonds. The van der Waals surface area contributed by atoms with Crippen LogP contribution in [0.3, 0.4) is 0 Å². The van der Waals surface area contributed by atoms with Crippen LogP contribution in [-0.4, -0.2) is 39.8 Å². The predicted octanol–water partition coefficient (Wildman–Crippen LogP) is 1.31. The minimum atomic E-state index is 0.0801. The van der Waals surface area contributed by atoms with Crippen LogP contribution in [0.25, 0.3) is 11.7 Å². The van der Waals surface area contributed by atoms with Crippen molar-refractivity contribution in [3.8, 4) is 11.7 Å². The van der Waals surface area contributed by atoms with E-state index in [2.05, 4.69) is 16.7 Å². The lowest BCUT2D eigenvalue weighted by Gasteiger charge is -2.16. The number of aliphatic hydroxyl groups is 1. The predicted molar refractivity (Wildman–Crippen MR) is 64.6 cm³/mol. The summed E-state index contributed by atoms with van der Waals surface area (Å²) in [4.78, 5) is 6.19. The Morgan fingerprint density at radius 3 is 3.06 bits per heavy atom. The third kappa shape index (κ3) is 3.06. The average molecular weight is 249 g/mol. The maximum Gasteiger partial charge on any atom is 0.293 e. The third-order valence-corrected chi connectivity index (χ3v) is 2.37. The highest BCUT2D eigenvalue weighted by Gasteiger charge is 2.13. The highest BCUT2D eigenvalue weighted by atomic mass is 16.5. The first-order valence-corrected chi connectivity index (χ1v) is 5.64. The lowest BCUT2D eigenvalue weighted by Crippen LogP contribution is -2.27. The normalized spacial score (nSPS) is 11.0. The maximum atomic E-state index is 8.94. The monoisotopic (exact) mass is 249 g/mol. The molecule has 0 fully saturated rings. The van der Waals surface area contributed by atoms with Crippen molar-refractivity contribution < 1.29 is 14.0 Å². The fraction of sp³-hybridized carbons (Fsp3) is 0.333. The SMILES string of the molecule is C=CCN(CCO)Cc1noc(-c2ccco2)n1. The van der Waals surface area contributed by atoms with Crippen LogP contribution in [0, 0.1) is 0 Å². The van der Waals surface area contributed by atoms with Crippen LogP contribution >= 0.6 is 0 Å². The van der Waals surface area contributed by atoms with E-state index in [-0.39, 0.29) is 6.61 Å². The molecule has 2 aromatic rings. The molecule has 2 aromatic heterocycles. The Labute approximate surface area is 105 Å². The van der Waals surface area contributed by atoms with E-state index in [0.29, 0.717) is 37.1 Å². The molecule has 0 atom stereocenters. The Morgan fingerprint density at radius 2 is 2.39 bits per heavy atom. The van der Waals surface area contributed by atoms with Crippen LogP contribution in [0.15, 0.2) is 40.0 Å². The van der Waals surface area contributed by atoms with Crippen LogP contribution in [-0.2, 0) is 6.54 Å². The van der Waals surface area contributed by atoms with Gasteiger partial charge in [-0.1, -0.05) is 11.2 Å². The Bertz CT molecular complexity index is 478. The number of aliphatic hydroxyl groups excluding tert-OH is 1. The second kappa shape index (κ2) is 6.13. The number of aromatic nitrogens is 2. The largest absolute Gasteiger partial charge is 0.459 e. The van der Waals surface area contributed by atoms with E-state index >= 15 is 0 Å². The molecular weight excluding hydrogens is 234 g/mol. The molecule has 6 nitrogen and oxygen atoms in total. The minimum absolute atomic E-state index is 0.0801. The van der Waals surface area contributed by atoms with E-state index in [1.54, 1.807) is 24.5 Å². The summed E-state index contributed by atoms with van der Waals surface area (Å²) in [6, 6.07) is 3.52. The molecule has 18 heavy (non-hydrogen) atoms.